The minimum absolute atomic E-state index is 0.0225. The second kappa shape index (κ2) is 12.7. The number of ether oxygens (including phenoxy) is 2. The zero-order valence-corrected chi connectivity index (χ0v) is 20.6. The van der Waals surface area contributed by atoms with Crippen LogP contribution >= 0.6 is 0 Å². The van der Waals surface area contributed by atoms with Gasteiger partial charge in [-0.15, -0.1) is 0 Å². The van der Waals surface area contributed by atoms with E-state index < -0.39 is 57.4 Å². The van der Waals surface area contributed by atoms with Crippen LogP contribution in [0.4, 0.5) is 0 Å². The monoisotopic (exact) mass is 484 g/mol. The number of carbonyl (C=O) groups is 4. The molecule has 2 aromatic carbocycles. The number of benzene rings is 2. The molecule has 2 rings (SSSR count). The van der Waals surface area contributed by atoms with E-state index in [4.69, 9.17) is 9.47 Å². The number of ketones is 2. The summed E-state index contributed by atoms with van der Waals surface area (Å²) in [6, 6.07) is 7.21. The van der Waals surface area contributed by atoms with Crippen molar-refractivity contribution in [2.24, 2.45) is 0 Å². The van der Waals surface area contributed by atoms with Gasteiger partial charge in [0.05, 0.1) is 16.7 Å². The minimum Gasteiger partial charge on any atom is -0.504 e. The number of hydrogen-bond donors (Lipinski definition) is 2. The second-order valence-corrected chi connectivity index (χ2v) is 8.28. The zero-order chi connectivity index (χ0) is 26.1. The molecule has 35 heavy (non-hydrogen) atoms. The average molecular weight is 485 g/mol. The van der Waals surface area contributed by atoms with Gasteiger partial charge in [0.1, 0.15) is 6.61 Å². The van der Waals surface area contributed by atoms with Gasteiger partial charge < -0.3 is 19.7 Å². The molecule has 0 aliphatic heterocycles. The van der Waals surface area contributed by atoms with Crippen LogP contribution in [0.15, 0.2) is 24.3 Å². The minimum atomic E-state index is -1.05. The number of aromatic hydroxyl groups is 2. The Morgan fingerprint density at radius 3 is 1.83 bits per heavy atom. The lowest BCUT2D eigenvalue weighted by Gasteiger charge is -2.19. The Hall–Kier alpha value is -3.68. The molecular formula is C27H32O8. The van der Waals surface area contributed by atoms with Gasteiger partial charge in [0.2, 0.25) is 5.75 Å². The smallest absolute Gasteiger partial charge is 0.340 e. The molecule has 0 amide bonds. The van der Waals surface area contributed by atoms with Crippen molar-refractivity contribution in [3.8, 4) is 17.2 Å². The molecule has 0 atom stereocenters. The topological polar surface area (TPSA) is 127 Å². The van der Waals surface area contributed by atoms with Crippen LogP contribution in [0.5, 0.6) is 17.2 Å². The van der Waals surface area contributed by atoms with E-state index in [0.717, 1.165) is 5.56 Å². The molecule has 0 aliphatic rings. The van der Waals surface area contributed by atoms with Crippen LogP contribution in [0.1, 0.15) is 101 Å². The normalized spacial score (nSPS) is 10.6. The van der Waals surface area contributed by atoms with Gasteiger partial charge in [0.15, 0.2) is 23.1 Å². The van der Waals surface area contributed by atoms with Crippen LogP contribution in [0.3, 0.4) is 0 Å². The molecule has 188 valence electrons. The number of esters is 2. The van der Waals surface area contributed by atoms with E-state index in [2.05, 4.69) is 0 Å². The van der Waals surface area contributed by atoms with E-state index in [9.17, 15) is 29.4 Å². The summed E-state index contributed by atoms with van der Waals surface area (Å²) in [7, 11) is 0. The molecule has 0 aliphatic carbocycles. The number of phenols is 2. The van der Waals surface area contributed by atoms with Crippen molar-refractivity contribution in [1.82, 2.24) is 0 Å². The summed E-state index contributed by atoms with van der Waals surface area (Å²) < 4.78 is 10.7. The van der Waals surface area contributed by atoms with Crippen LogP contribution in [0.2, 0.25) is 0 Å². The summed E-state index contributed by atoms with van der Waals surface area (Å²) in [5.41, 5.74) is 0.211. The van der Waals surface area contributed by atoms with Crippen LogP contribution in [0, 0.1) is 6.92 Å². The first-order valence-electron chi connectivity index (χ1n) is 11.8. The quantitative estimate of drug-likeness (QED) is 0.177. The van der Waals surface area contributed by atoms with Crippen molar-refractivity contribution in [3.63, 3.8) is 0 Å². The number of hydrogen-bond acceptors (Lipinski definition) is 8. The van der Waals surface area contributed by atoms with Gasteiger partial charge in [-0.05, 0) is 31.7 Å². The Kier molecular flexibility index (Phi) is 9.99. The van der Waals surface area contributed by atoms with Crippen molar-refractivity contribution < 1.29 is 38.9 Å². The molecule has 2 aromatic rings. The van der Waals surface area contributed by atoms with Gasteiger partial charge in [0, 0.05) is 19.3 Å². The number of Topliss-reactive ketones (excluding diaryl/α,β-unsaturated/α-hetero) is 2. The fraction of sp³-hybridized carbons (Fsp3) is 0.407. The van der Waals surface area contributed by atoms with Crippen molar-refractivity contribution >= 4 is 23.5 Å². The molecule has 0 saturated heterocycles. The molecule has 8 nitrogen and oxygen atoms in total. The summed E-state index contributed by atoms with van der Waals surface area (Å²) in [6.45, 7) is 6.96. The van der Waals surface area contributed by atoms with Crippen LogP contribution in [-0.2, 0) is 16.1 Å². The molecule has 2 N–H and O–H groups in total. The zero-order valence-electron chi connectivity index (χ0n) is 20.6. The molecule has 8 heteroatoms. The maximum absolute atomic E-state index is 13.3. The van der Waals surface area contributed by atoms with Crippen molar-refractivity contribution in [3.05, 3.63) is 52.1 Å². The molecule has 0 fully saturated rings. The lowest BCUT2D eigenvalue weighted by Crippen LogP contribution is -2.20. The third-order valence-corrected chi connectivity index (χ3v) is 5.28. The molecular weight excluding hydrogens is 452 g/mol. The first-order chi connectivity index (χ1) is 16.7. The summed E-state index contributed by atoms with van der Waals surface area (Å²) in [6.07, 6.45) is 1.08. The van der Waals surface area contributed by atoms with E-state index in [0.29, 0.717) is 24.8 Å². The van der Waals surface area contributed by atoms with E-state index in [1.807, 2.05) is 19.1 Å². The molecule has 0 radical (unpaired) electrons. The van der Waals surface area contributed by atoms with Gasteiger partial charge in [-0.2, -0.15) is 0 Å². The van der Waals surface area contributed by atoms with Crippen LogP contribution in [-0.4, -0.2) is 33.7 Å². The standard InChI is InChI=1S/C27H32O8/c1-5-8-18(28)21-23(27(33)34-15-17-13-11-16(4)12-14-17)22(19(29)9-6-2)26(25(32)24(21)31)35-20(30)10-7-3/h11-14,31-32H,5-10,15H2,1-4H3. The lowest BCUT2D eigenvalue weighted by molar-refractivity contribution is -0.134. The van der Waals surface area contributed by atoms with Gasteiger partial charge in [-0.25, -0.2) is 4.79 Å². The highest BCUT2D eigenvalue weighted by Gasteiger charge is 2.36. The summed E-state index contributed by atoms with van der Waals surface area (Å²) in [5, 5.41) is 21.4. The molecule has 0 spiro atoms. The molecule has 0 bridgehead atoms. The maximum Gasteiger partial charge on any atom is 0.340 e. The summed E-state index contributed by atoms with van der Waals surface area (Å²) in [5.74, 6) is -5.61. The SMILES string of the molecule is CCCC(=O)Oc1c(O)c(O)c(C(=O)CCC)c(C(=O)OCc2ccc(C)cc2)c1C(=O)CCC. The largest absolute Gasteiger partial charge is 0.504 e. The van der Waals surface area contributed by atoms with Crippen molar-refractivity contribution in [1.29, 1.82) is 0 Å². The van der Waals surface area contributed by atoms with E-state index in [-0.39, 0.29) is 25.9 Å². The predicted octanol–water partition coefficient (Wildman–Crippen LogP) is 5.43. The van der Waals surface area contributed by atoms with Gasteiger partial charge in [-0.3, -0.25) is 14.4 Å². The molecule has 0 unspecified atom stereocenters. The first-order valence-corrected chi connectivity index (χ1v) is 11.8. The van der Waals surface area contributed by atoms with Gasteiger partial charge in [0.25, 0.3) is 0 Å². The molecule has 0 saturated carbocycles. The second-order valence-electron chi connectivity index (χ2n) is 8.28. The number of rotatable bonds is 12. The summed E-state index contributed by atoms with van der Waals surface area (Å²) >= 11 is 0. The highest BCUT2D eigenvalue weighted by Crippen LogP contribution is 2.46. The Labute approximate surface area is 204 Å². The van der Waals surface area contributed by atoms with Gasteiger partial charge >= 0.3 is 11.9 Å². The lowest BCUT2D eigenvalue weighted by atomic mass is 9.90. The highest BCUT2D eigenvalue weighted by atomic mass is 16.5. The predicted molar refractivity (Wildman–Crippen MR) is 129 cm³/mol. The maximum atomic E-state index is 13.3. The Morgan fingerprint density at radius 2 is 1.29 bits per heavy atom. The fourth-order valence-electron chi connectivity index (χ4n) is 3.52. The van der Waals surface area contributed by atoms with E-state index in [1.165, 1.54) is 0 Å². The van der Waals surface area contributed by atoms with E-state index in [1.54, 1.807) is 32.9 Å². The highest BCUT2D eigenvalue weighted by molar-refractivity contribution is 6.17. The van der Waals surface area contributed by atoms with Crippen molar-refractivity contribution in [2.45, 2.75) is 72.8 Å². The average Bonchev–Trinajstić information content (AvgIpc) is 2.81. The molecule has 0 heterocycles. The number of phenolic OH excluding ortho intramolecular Hbond substituents is 2. The Balaban J connectivity index is 2.72. The van der Waals surface area contributed by atoms with Crippen LogP contribution in [0.25, 0.3) is 0 Å². The van der Waals surface area contributed by atoms with E-state index >= 15 is 0 Å². The first kappa shape index (κ1) is 27.6. The third kappa shape index (κ3) is 6.68. The summed E-state index contributed by atoms with van der Waals surface area (Å²) in [4.78, 5) is 51.6. The Bertz CT molecular complexity index is 1100. The third-order valence-electron chi connectivity index (χ3n) is 5.28. The van der Waals surface area contributed by atoms with Crippen LogP contribution < -0.4 is 4.74 Å². The molecule has 0 aromatic heterocycles. The number of aryl methyl sites for hydroxylation is 1. The fourth-order valence-corrected chi connectivity index (χ4v) is 3.52. The number of carbonyl (C=O) groups excluding carboxylic acids is 4. The Morgan fingerprint density at radius 1 is 0.743 bits per heavy atom. The van der Waals surface area contributed by atoms with Crippen molar-refractivity contribution in [2.75, 3.05) is 0 Å². The van der Waals surface area contributed by atoms with Gasteiger partial charge in [-0.1, -0.05) is 50.6 Å².